The first kappa shape index (κ1) is 13.1. The zero-order valence-electron chi connectivity index (χ0n) is 11.2. The second-order valence-corrected chi connectivity index (χ2v) is 5.49. The second kappa shape index (κ2) is 4.42. The van der Waals surface area contributed by atoms with Crippen molar-refractivity contribution in [1.29, 1.82) is 0 Å². The van der Waals surface area contributed by atoms with Crippen LogP contribution in [-0.4, -0.2) is 21.3 Å². The first-order valence-corrected chi connectivity index (χ1v) is 5.98. The number of aromatic carboxylic acids is 1. The Kier molecular flexibility index (Phi) is 3.06. The van der Waals surface area contributed by atoms with Gasteiger partial charge >= 0.3 is 5.97 Å². The standard InChI is InChI=1S/C14H17N3O2/c1-14(2,3)9-6-4-8(5-7-9)11-10(13(18)19)12(15)17-16-11/h4-7H,1-3H3,(H,18,19)(H3,15,16,17). The number of hydrogen-bond acceptors (Lipinski definition) is 3. The molecule has 0 aliphatic heterocycles. The van der Waals surface area contributed by atoms with E-state index in [1.54, 1.807) is 0 Å². The summed E-state index contributed by atoms with van der Waals surface area (Å²) in [6, 6.07) is 7.72. The van der Waals surface area contributed by atoms with E-state index in [-0.39, 0.29) is 16.8 Å². The lowest BCUT2D eigenvalue weighted by Gasteiger charge is -2.19. The zero-order chi connectivity index (χ0) is 14.2. The molecule has 0 bridgehead atoms. The van der Waals surface area contributed by atoms with Crippen molar-refractivity contribution in [2.45, 2.75) is 26.2 Å². The van der Waals surface area contributed by atoms with Gasteiger partial charge in [0.05, 0.1) is 5.69 Å². The number of aromatic amines is 1. The smallest absolute Gasteiger partial charge is 0.341 e. The Morgan fingerprint density at radius 1 is 1.26 bits per heavy atom. The predicted molar refractivity (Wildman–Crippen MR) is 74.1 cm³/mol. The fourth-order valence-corrected chi connectivity index (χ4v) is 1.92. The van der Waals surface area contributed by atoms with Crippen LogP contribution in [0.3, 0.4) is 0 Å². The summed E-state index contributed by atoms with van der Waals surface area (Å²) >= 11 is 0. The lowest BCUT2D eigenvalue weighted by molar-refractivity contribution is 0.0699. The molecule has 0 radical (unpaired) electrons. The molecule has 0 atom stereocenters. The largest absolute Gasteiger partial charge is 0.477 e. The number of hydrogen-bond donors (Lipinski definition) is 3. The van der Waals surface area contributed by atoms with Gasteiger partial charge in [0.1, 0.15) is 5.56 Å². The van der Waals surface area contributed by atoms with Crippen LogP contribution in [0.2, 0.25) is 0 Å². The van der Waals surface area contributed by atoms with Crippen molar-refractivity contribution in [2.24, 2.45) is 0 Å². The molecule has 0 spiro atoms. The number of anilines is 1. The fourth-order valence-electron chi connectivity index (χ4n) is 1.92. The minimum Gasteiger partial charge on any atom is -0.477 e. The van der Waals surface area contributed by atoms with Crippen LogP contribution in [0.15, 0.2) is 24.3 Å². The van der Waals surface area contributed by atoms with Crippen LogP contribution in [-0.2, 0) is 5.41 Å². The first-order valence-electron chi connectivity index (χ1n) is 5.98. The van der Waals surface area contributed by atoms with Crippen LogP contribution in [0, 0.1) is 0 Å². The van der Waals surface area contributed by atoms with Crippen LogP contribution in [0.5, 0.6) is 0 Å². The molecule has 1 aromatic carbocycles. The molecular weight excluding hydrogens is 242 g/mol. The summed E-state index contributed by atoms with van der Waals surface area (Å²) in [4.78, 5) is 11.2. The van der Waals surface area contributed by atoms with Gasteiger partial charge in [-0.3, -0.25) is 5.10 Å². The molecule has 0 amide bonds. The number of carbonyl (C=O) groups is 1. The van der Waals surface area contributed by atoms with Gasteiger partial charge in [0.15, 0.2) is 5.82 Å². The maximum atomic E-state index is 11.2. The Balaban J connectivity index is 2.46. The summed E-state index contributed by atoms with van der Waals surface area (Å²) in [5.41, 5.74) is 8.01. The second-order valence-electron chi connectivity index (χ2n) is 5.49. The van der Waals surface area contributed by atoms with Crippen molar-refractivity contribution in [2.75, 3.05) is 5.73 Å². The summed E-state index contributed by atoms with van der Waals surface area (Å²) in [6.45, 7) is 6.37. The van der Waals surface area contributed by atoms with Crippen molar-refractivity contribution < 1.29 is 9.90 Å². The van der Waals surface area contributed by atoms with E-state index in [2.05, 4.69) is 31.0 Å². The quantitative estimate of drug-likeness (QED) is 0.773. The van der Waals surface area contributed by atoms with Crippen molar-refractivity contribution in [3.63, 3.8) is 0 Å². The monoisotopic (exact) mass is 259 g/mol. The lowest BCUT2D eigenvalue weighted by Crippen LogP contribution is -2.10. The number of carboxylic acid groups (broad SMARTS) is 1. The molecular formula is C14H17N3O2. The van der Waals surface area contributed by atoms with E-state index in [0.29, 0.717) is 5.69 Å². The van der Waals surface area contributed by atoms with Crippen molar-refractivity contribution in [1.82, 2.24) is 10.2 Å². The Hall–Kier alpha value is -2.30. The van der Waals surface area contributed by atoms with Crippen molar-refractivity contribution in [3.05, 3.63) is 35.4 Å². The Labute approximate surface area is 111 Å². The maximum absolute atomic E-state index is 11.2. The average Bonchev–Trinajstić information content (AvgIpc) is 2.70. The van der Waals surface area contributed by atoms with Crippen molar-refractivity contribution in [3.8, 4) is 11.3 Å². The van der Waals surface area contributed by atoms with Gasteiger partial charge in [-0.05, 0) is 11.0 Å². The van der Waals surface area contributed by atoms with Crippen LogP contribution in [0.25, 0.3) is 11.3 Å². The molecule has 2 aromatic rings. The molecule has 0 aliphatic carbocycles. The van der Waals surface area contributed by atoms with E-state index in [4.69, 9.17) is 10.8 Å². The van der Waals surface area contributed by atoms with Crippen LogP contribution >= 0.6 is 0 Å². The zero-order valence-corrected chi connectivity index (χ0v) is 11.2. The number of H-pyrrole nitrogens is 1. The Morgan fingerprint density at radius 2 is 1.84 bits per heavy atom. The number of rotatable bonds is 2. The molecule has 0 unspecified atom stereocenters. The van der Waals surface area contributed by atoms with Crippen LogP contribution in [0.4, 0.5) is 5.82 Å². The number of aromatic nitrogens is 2. The molecule has 19 heavy (non-hydrogen) atoms. The number of carboxylic acids is 1. The molecule has 5 nitrogen and oxygen atoms in total. The van der Waals surface area contributed by atoms with E-state index in [1.807, 2.05) is 24.3 Å². The molecule has 5 heteroatoms. The molecule has 0 fully saturated rings. The van der Waals surface area contributed by atoms with Gasteiger partial charge in [-0.15, -0.1) is 0 Å². The molecule has 100 valence electrons. The molecule has 0 aliphatic rings. The lowest BCUT2D eigenvalue weighted by atomic mass is 9.86. The Morgan fingerprint density at radius 3 is 2.32 bits per heavy atom. The van der Waals surface area contributed by atoms with E-state index in [0.717, 1.165) is 5.56 Å². The van der Waals surface area contributed by atoms with Crippen molar-refractivity contribution >= 4 is 11.8 Å². The SMILES string of the molecule is CC(C)(C)c1ccc(-c2[nH]nc(N)c2C(=O)O)cc1. The molecule has 0 saturated heterocycles. The summed E-state index contributed by atoms with van der Waals surface area (Å²) in [6.07, 6.45) is 0. The highest BCUT2D eigenvalue weighted by Gasteiger charge is 2.20. The van der Waals surface area contributed by atoms with E-state index < -0.39 is 5.97 Å². The molecule has 2 rings (SSSR count). The summed E-state index contributed by atoms with van der Waals surface area (Å²) < 4.78 is 0. The van der Waals surface area contributed by atoms with Gasteiger partial charge in [-0.25, -0.2) is 4.79 Å². The van der Waals surface area contributed by atoms with Gasteiger partial charge in [0, 0.05) is 5.56 Å². The minimum atomic E-state index is -1.08. The molecule has 1 heterocycles. The van der Waals surface area contributed by atoms with Gasteiger partial charge in [0.25, 0.3) is 0 Å². The highest BCUT2D eigenvalue weighted by molar-refractivity contribution is 5.99. The van der Waals surface area contributed by atoms with E-state index >= 15 is 0 Å². The van der Waals surface area contributed by atoms with Gasteiger partial charge in [-0.1, -0.05) is 45.0 Å². The summed E-state index contributed by atoms with van der Waals surface area (Å²) in [7, 11) is 0. The van der Waals surface area contributed by atoms with E-state index in [1.165, 1.54) is 5.56 Å². The number of nitrogens with zero attached hydrogens (tertiary/aromatic N) is 1. The number of nitrogens with one attached hydrogen (secondary N) is 1. The number of benzene rings is 1. The highest BCUT2D eigenvalue weighted by Crippen LogP contribution is 2.28. The van der Waals surface area contributed by atoms with Gasteiger partial charge in [-0.2, -0.15) is 5.10 Å². The topological polar surface area (TPSA) is 92.0 Å². The highest BCUT2D eigenvalue weighted by atomic mass is 16.4. The van der Waals surface area contributed by atoms with Gasteiger partial charge in [0.2, 0.25) is 0 Å². The normalized spacial score (nSPS) is 11.5. The van der Waals surface area contributed by atoms with E-state index in [9.17, 15) is 4.79 Å². The Bertz CT molecular complexity index is 607. The molecule has 4 N–H and O–H groups in total. The summed E-state index contributed by atoms with van der Waals surface area (Å²) in [5.74, 6) is -1.08. The number of nitrogen functional groups attached to an aromatic ring is 1. The predicted octanol–water partition coefficient (Wildman–Crippen LogP) is 2.65. The van der Waals surface area contributed by atoms with Crippen LogP contribution < -0.4 is 5.73 Å². The first-order chi connectivity index (χ1) is 8.80. The average molecular weight is 259 g/mol. The fraction of sp³-hybridized carbons (Fsp3) is 0.286. The minimum absolute atomic E-state index is 0.00222. The molecule has 1 aromatic heterocycles. The third-order valence-corrected chi connectivity index (χ3v) is 3.05. The summed E-state index contributed by atoms with van der Waals surface area (Å²) in [5, 5.41) is 15.6. The molecule has 0 saturated carbocycles. The van der Waals surface area contributed by atoms with Crippen LogP contribution in [0.1, 0.15) is 36.7 Å². The number of nitrogens with two attached hydrogens (primary N) is 1. The third-order valence-electron chi connectivity index (χ3n) is 3.05. The third kappa shape index (κ3) is 2.45. The maximum Gasteiger partial charge on any atom is 0.341 e. The van der Waals surface area contributed by atoms with Gasteiger partial charge < -0.3 is 10.8 Å².